The molecule has 1 aliphatic carbocycles. The van der Waals surface area contributed by atoms with Crippen molar-refractivity contribution in [1.29, 1.82) is 0 Å². The van der Waals surface area contributed by atoms with E-state index in [1.165, 1.54) is 0 Å². The number of rotatable bonds is 7. The molecule has 1 atom stereocenters. The first-order valence-corrected chi connectivity index (χ1v) is 12.4. The summed E-state index contributed by atoms with van der Waals surface area (Å²) >= 11 is 6.38. The molecule has 0 saturated carbocycles. The van der Waals surface area contributed by atoms with Crippen LogP contribution in [0.1, 0.15) is 35.3 Å². The van der Waals surface area contributed by atoms with Crippen LogP contribution >= 0.6 is 11.6 Å². The quantitative estimate of drug-likeness (QED) is 0.332. The lowest BCUT2D eigenvalue weighted by Gasteiger charge is -2.25. The van der Waals surface area contributed by atoms with Crippen molar-refractivity contribution in [2.45, 2.75) is 31.8 Å². The minimum Gasteiger partial charge on any atom is -0.493 e. The zero-order valence-corrected chi connectivity index (χ0v) is 20.5. The highest BCUT2D eigenvalue weighted by Crippen LogP contribution is 2.43. The van der Waals surface area contributed by atoms with Gasteiger partial charge in [0.1, 0.15) is 12.1 Å². The van der Waals surface area contributed by atoms with Gasteiger partial charge in [-0.2, -0.15) is 0 Å². The predicted molar refractivity (Wildman–Crippen MR) is 138 cm³/mol. The summed E-state index contributed by atoms with van der Waals surface area (Å²) in [6.07, 6.45) is 4.94. The zero-order valence-electron chi connectivity index (χ0n) is 19.8. The molecule has 9 heteroatoms. The molecule has 0 unspecified atom stereocenters. The molecule has 1 saturated heterocycles. The number of H-pyrrole nitrogens is 1. The number of aromatic amines is 1. The van der Waals surface area contributed by atoms with E-state index in [1.807, 2.05) is 30.3 Å². The van der Waals surface area contributed by atoms with Crippen molar-refractivity contribution in [3.63, 3.8) is 0 Å². The summed E-state index contributed by atoms with van der Waals surface area (Å²) in [6.45, 7) is 1.23. The number of para-hydroxylation sites is 1. The number of nitrogens with one attached hydrogen (secondary N) is 2. The van der Waals surface area contributed by atoms with E-state index >= 15 is 0 Å². The van der Waals surface area contributed by atoms with Crippen molar-refractivity contribution in [2.24, 2.45) is 0 Å². The summed E-state index contributed by atoms with van der Waals surface area (Å²) in [5.41, 5.74) is 5.90. The minimum absolute atomic E-state index is 0.0955. The van der Waals surface area contributed by atoms with Crippen LogP contribution in [-0.2, 0) is 11.2 Å². The maximum Gasteiger partial charge on any atom is 0.214 e. The smallest absolute Gasteiger partial charge is 0.214 e. The molecule has 0 amide bonds. The number of ketones is 1. The van der Waals surface area contributed by atoms with Crippen LogP contribution in [0.5, 0.6) is 11.6 Å². The Morgan fingerprint density at radius 1 is 1.22 bits per heavy atom. The molecular formula is C27H25ClN4O4. The van der Waals surface area contributed by atoms with E-state index in [0.717, 1.165) is 48.3 Å². The number of pyridine rings is 2. The van der Waals surface area contributed by atoms with E-state index in [4.69, 9.17) is 30.8 Å². The van der Waals surface area contributed by atoms with Gasteiger partial charge in [-0.1, -0.05) is 17.7 Å². The second kappa shape index (κ2) is 9.44. The number of hydrogen-bond acceptors (Lipinski definition) is 7. The molecule has 6 rings (SSSR count). The monoisotopic (exact) mass is 504 g/mol. The molecule has 4 aromatic rings. The van der Waals surface area contributed by atoms with Crippen molar-refractivity contribution in [3.05, 3.63) is 58.9 Å². The fourth-order valence-electron chi connectivity index (χ4n) is 4.76. The van der Waals surface area contributed by atoms with Crippen LogP contribution in [-0.4, -0.2) is 47.2 Å². The normalized spacial score (nSPS) is 16.9. The van der Waals surface area contributed by atoms with Crippen molar-refractivity contribution < 1.29 is 19.0 Å². The first-order chi connectivity index (χ1) is 17.6. The Bertz CT molecular complexity index is 1460. The lowest BCUT2D eigenvalue weighted by molar-refractivity contribution is -0.0726. The first-order valence-electron chi connectivity index (χ1n) is 12.0. The SMILES string of the molecule is COc1c(Cl)cccc1Nc1c(-c2ccnc3ccc(OC[C@H]4CCO4)nc23)[nH]c2c1C(=O)CCC2. The number of nitrogens with zero attached hydrogens (tertiary/aromatic N) is 2. The number of benzene rings is 1. The number of Topliss-reactive ketones (excluding diaryl/α,β-unsaturated/α-hetero) is 1. The predicted octanol–water partition coefficient (Wildman–Crippen LogP) is 5.72. The van der Waals surface area contributed by atoms with Gasteiger partial charge in [-0.3, -0.25) is 9.78 Å². The average Bonchev–Trinajstić information content (AvgIpc) is 3.22. The maximum absolute atomic E-state index is 13.1. The van der Waals surface area contributed by atoms with Crippen molar-refractivity contribution >= 4 is 39.8 Å². The molecule has 1 aliphatic heterocycles. The Morgan fingerprint density at radius 2 is 2.11 bits per heavy atom. The highest BCUT2D eigenvalue weighted by molar-refractivity contribution is 6.32. The van der Waals surface area contributed by atoms with Gasteiger partial charge in [0.25, 0.3) is 0 Å². The van der Waals surface area contributed by atoms with Gasteiger partial charge in [-0.05, 0) is 37.1 Å². The van der Waals surface area contributed by atoms with Crippen molar-refractivity contribution in [1.82, 2.24) is 15.0 Å². The van der Waals surface area contributed by atoms with E-state index in [-0.39, 0.29) is 11.9 Å². The summed E-state index contributed by atoms with van der Waals surface area (Å²) in [5, 5.41) is 3.93. The van der Waals surface area contributed by atoms with Gasteiger partial charge in [0.2, 0.25) is 5.88 Å². The molecule has 8 nitrogen and oxygen atoms in total. The summed E-state index contributed by atoms with van der Waals surface area (Å²) in [5.74, 6) is 1.11. The van der Waals surface area contributed by atoms with Crippen molar-refractivity contribution in [2.75, 3.05) is 25.6 Å². The summed E-state index contributed by atoms with van der Waals surface area (Å²) in [7, 11) is 1.57. The summed E-state index contributed by atoms with van der Waals surface area (Å²) in [4.78, 5) is 25.9. The molecule has 0 spiro atoms. The van der Waals surface area contributed by atoms with E-state index in [2.05, 4.69) is 15.3 Å². The average molecular weight is 505 g/mol. The van der Waals surface area contributed by atoms with Crippen LogP contribution in [0, 0.1) is 0 Å². The topological polar surface area (TPSA) is 98.4 Å². The number of aromatic nitrogens is 3. The highest BCUT2D eigenvalue weighted by atomic mass is 35.5. The number of aryl methyl sites for hydroxylation is 1. The molecule has 3 aromatic heterocycles. The molecular weight excluding hydrogens is 480 g/mol. The Morgan fingerprint density at radius 3 is 2.92 bits per heavy atom. The van der Waals surface area contributed by atoms with Crippen LogP contribution in [0.25, 0.3) is 22.3 Å². The number of carbonyl (C=O) groups excluding carboxylic acids is 1. The largest absolute Gasteiger partial charge is 0.493 e. The maximum atomic E-state index is 13.1. The van der Waals surface area contributed by atoms with Crippen molar-refractivity contribution in [3.8, 4) is 22.9 Å². The number of anilines is 2. The van der Waals surface area contributed by atoms with Crippen LogP contribution in [0.4, 0.5) is 11.4 Å². The van der Waals surface area contributed by atoms with E-state index in [9.17, 15) is 4.79 Å². The molecule has 2 N–H and O–H groups in total. The Kier molecular flexibility index (Phi) is 5.99. The molecule has 0 radical (unpaired) electrons. The Balaban J connectivity index is 1.48. The van der Waals surface area contributed by atoms with E-state index in [0.29, 0.717) is 52.1 Å². The number of ether oxygens (including phenoxy) is 3. The third-order valence-corrected chi connectivity index (χ3v) is 6.95. The number of fused-ring (bicyclic) bond motifs is 2. The lowest BCUT2D eigenvalue weighted by atomic mass is 9.94. The Hall–Kier alpha value is -3.62. The molecule has 36 heavy (non-hydrogen) atoms. The van der Waals surface area contributed by atoms with Gasteiger partial charge < -0.3 is 24.5 Å². The lowest BCUT2D eigenvalue weighted by Crippen LogP contribution is -2.32. The number of hydrogen-bond donors (Lipinski definition) is 2. The first kappa shape index (κ1) is 22.8. The summed E-state index contributed by atoms with van der Waals surface area (Å²) in [6, 6.07) is 11.1. The third-order valence-electron chi connectivity index (χ3n) is 6.66. The van der Waals surface area contributed by atoms with Gasteiger partial charge in [-0.15, -0.1) is 0 Å². The third kappa shape index (κ3) is 4.06. The molecule has 1 fully saturated rings. The highest BCUT2D eigenvalue weighted by Gasteiger charge is 2.28. The van der Waals surface area contributed by atoms with E-state index < -0.39 is 0 Å². The van der Waals surface area contributed by atoms with Gasteiger partial charge in [-0.25, -0.2) is 4.98 Å². The second-order valence-corrected chi connectivity index (χ2v) is 9.33. The fourth-order valence-corrected chi connectivity index (χ4v) is 5.01. The molecule has 1 aromatic carbocycles. The number of methoxy groups -OCH3 is 1. The van der Waals surface area contributed by atoms with E-state index in [1.54, 1.807) is 19.4 Å². The van der Waals surface area contributed by atoms with Gasteiger partial charge >= 0.3 is 0 Å². The van der Waals surface area contributed by atoms with Gasteiger partial charge in [0.15, 0.2) is 11.5 Å². The van der Waals surface area contributed by atoms with Crippen LogP contribution in [0.2, 0.25) is 5.02 Å². The fraction of sp³-hybridized carbons (Fsp3) is 0.296. The Labute approximate surface area is 213 Å². The minimum atomic E-state index is 0.0955. The van der Waals surface area contributed by atoms with Crippen LogP contribution < -0.4 is 14.8 Å². The molecule has 2 aliphatic rings. The van der Waals surface area contributed by atoms with Gasteiger partial charge in [0, 0.05) is 43.0 Å². The van der Waals surface area contributed by atoms with Gasteiger partial charge in [0.05, 0.1) is 46.4 Å². The standard InChI is InChI=1S/C27H25ClN4O4/c1-34-27-17(28)4-2-6-20(27)31-26-23-18(5-3-7-21(23)33)30-25(26)16-10-12-29-19-8-9-22(32-24(16)19)36-14-15-11-13-35-15/h2,4,6,8-10,12,15,30-31H,3,5,7,11,13-14H2,1H3/t15-/m1/s1. The molecule has 4 heterocycles. The molecule has 0 bridgehead atoms. The second-order valence-electron chi connectivity index (χ2n) is 8.92. The van der Waals surface area contributed by atoms with Crippen LogP contribution in [0.15, 0.2) is 42.6 Å². The summed E-state index contributed by atoms with van der Waals surface area (Å²) < 4.78 is 16.9. The molecule has 184 valence electrons. The zero-order chi connectivity index (χ0) is 24.6. The number of carbonyl (C=O) groups is 1. The number of halogens is 1. The van der Waals surface area contributed by atoms with Crippen LogP contribution in [0.3, 0.4) is 0 Å².